The van der Waals surface area contributed by atoms with Gasteiger partial charge in [-0.15, -0.1) is 0 Å². The molecular formula is C15H19N3O. The maximum Gasteiger partial charge on any atom is 0.224 e. The van der Waals surface area contributed by atoms with Gasteiger partial charge >= 0.3 is 0 Å². The normalized spacial score (nSPS) is 22.8. The van der Waals surface area contributed by atoms with E-state index in [-0.39, 0.29) is 18.0 Å². The number of hydrogen-bond donors (Lipinski definition) is 3. The van der Waals surface area contributed by atoms with Crippen molar-refractivity contribution in [3.05, 3.63) is 36.0 Å². The van der Waals surface area contributed by atoms with E-state index in [2.05, 4.69) is 10.3 Å². The fourth-order valence-corrected chi connectivity index (χ4v) is 2.88. The van der Waals surface area contributed by atoms with Crippen LogP contribution in [0.5, 0.6) is 0 Å². The summed E-state index contributed by atoms with van der Waals surface area (Å²) in [7, 11) is 0. The van der Waals surface area contributed by atoms with Crippen molar-refractivity contribution in [2.24, 2.45) is 5.73 Å². The van der Waals surface area contributed by atoms with Gasteiger partial charge in [0.05, 0.1) is 6.42 Å². The molecule has 0 aliphatic heterocycles. The Morgan fingerprint density at radius 1 is 1.37 bits per heavy atom. The zero-order valence-corrected chi connectivity index (χ0v) is 10.9. The molecule has 0 spiro atoms. The first-order chi connectivity index (χ1) is 9.24. The summed E-state index contributed by atoms with van der Waals surface area (Å²) in [6.07, 6.45) is 5.45. The Morgan fingerprint density at radius 3 is 3.00 bits per heavy atom. The molecule has 1 aliphatic carbocycles. The molecule has 1 fully saturated rings. The second kappa shape index (κ2) is 5.05. The van der Waals surface area contributed by atoms with Gasteiger partial charge in [-0.2, -0.15) is 0 Å². The van der Waals surface area contributed by atoms with Gasteiger partial charge in [-0.05, 0) is 30.9 Å². The second-order valence-electron chi connectivity index (χ2n) is 5.31. The van der Waals surface area contributed by atoms with Crippen molar-refractivity contribution in [3.63, 3.8) is 0 Å². The summed E-state index contributed by atoms with van der Waals surface area (Å²) < 4.78 is 0. The van der Waals surface area contributed by atoms with E-state index < -0.39 is 0 Å². The number of amides is 1. The van der Waals surface area contributed by atoms with Gasteiger partial charge in [0, 0.05) is 29.2 Å². The van der Waals surface area contributed by atoms with Crippen LogP contribution in [0.1, 0.15) is 24.8 Å². The van der Waals surface area contributed by atoms with Crippen molar-refractivity contribution >= 4 is 16.8 Å². The first-order valence-electron chi connectivity index (χ1n) is 6.84. The third-order valence-electron chi connectivity index (χ3n) is 3.94. The Bertz CT molecular complexity index is 590. The molecule has 4 heteroatoms. The van der Waals surface area contributed by atoms with Crippen molar-refractivity contribution in [1.82, 2.24) is 10.3 Å². The first-order valence-corrected chi connectivity index (χ1v) is 6.84. The van der Waals surface area contributed by atoms with E-state index in [1.54, 1.807) is 0 Å². The smallest absolute Gasteiger partial charge is 0.224 e. The first kappa shape index (κ1) is 12.2. The van der Waals surface area contributed by atoms with Crippen LogP contribution in [0.25, 0.3) is 10.9 Å². The lowest BCUT2D eigenvalue weighted by molar-refractivity contribution is -0.121. The minimum Gasteiger partial charge on any atom is -0.361 e. The maximum absolute atomic E-state index is 12.1. The molecule has 0 radical (unpaired) electrons. The van der Waals surface area contributed by atoms with Gasteiger partial charge in [0.15, 0.2) is 0 Å². The number of fused-ring (bicyclic) bond motifs is 1. The lowest BCUT2D eigenvalue weighted by atomic mass is 10.1. The highest BCUT2D eigenvalue weighted by atomic mass is 16.1. The SMILES string of the molecule is NC1CCCC1NC(=O)Cc1c[nH]c2ccccc12. The van der Waals surface area contributed by atoms with E-state index in [1.165, 1.54) is 0 Å². The Balaban J connectivity index is 1.69. The maximum atomic E-state index is 12.1. The quantitative estimate of drug-likeness (QED) is 0.783. The van der Waals surface area contributed by atoms with Crippen LogP contribution in [0.3, 0.4) is 0 Å². The van der Waals surface area contributed by atoms with E-state index >= 15 is 0 Å². The molecule has 1 aromatic carbocycles. The van der Waals surface area contributed by atoms with Gasteiger partial charge in [-0.25, -0.2) is 0 Å². The summed E-state index contributed by atoms with van der Waals surface area (Å²) in [5.41, 5.74) is 8.08. The van der Waals surface area contributed by atoms with Crippen LogP contribution in [0.4, 0.5) is 0 Å². The van der Waals surface area contributed by atoms with E-state index in [0.717, 1.165) is 35.7 Å². The molecule has 1 aliphatic rings. The molecule has 2 atom stereocenters. The molecule has 1 heterocycles. The molecule has 2 unspecified atom stereocenters. The number of nitrogens with one attached hydrogen (secondary N) is 2. The number of hydrogen-bond acceptors (Lipinski definition) is 2. The summed E-state index contributed by atoms with van der Waals surface area (Å²) in [6.45, 7) is 0. The molecule has 4 N–H and O–H groups in total. The number of aromatic nitrogens is 1. The highest BCUT2D eigenvalue weighted by Crippen LogP contribution is 2.19. The van der Waals surface area contributed by atoms with Gasteiger partial charge in [-0.3, -0.25) is 4.79 Å². The number of carbonyl (C=O) groups is 1. The van der Waals surface area contributed by atoms with Crippen molar-refractivity contribution in [2.45, 2.75) is 37.8 Å². The second-order valence-corrected chi connectivity index (χ2v) is 5.31. The molecule has 100 valence electrons. The predicted octanol–water partition coefficient (Wildman–Crippen LogP) is 1.71. The molecular weight excluding hydrogens is 238 g/mol. The lowest BCUT2D eigenvalue weighted by Gasteiger charge is -2.17. The largest absolute Gasteiger partial charge is 0.361 e. The van der Waals surface area contributed by atoms with E-state index in [1.807, 2.05) is 30.5 Å². The number of nitrogens with two attached hydrogens (primary N) is 1. The summed E-state index contributed by atoms with van der Waals surface area (Å²) in [5.74, 6) is 0.0621. The Hall–Kier alpha value is -1.81. The zero-order valence-electron chi connectivity index (χ0n) is 10.9. The molecule has 4 nitrogen and oxygen atoms in total. The summed E-state index contributed by atoms with van der Waals surface area (Å²) in [5, 5.41) is 4.17. The van der Waals surface area contributed by atoms with Crippen LogP contribution in [-0.4, -0.2) is 23.0 Å². The van der Waals surface area contributed by atoms with Crippen LogP contribution < -0.4 is 11.1 Å². The molecule has 3 rings (SSSR count). The van der Waals surface area contributed by atoms with Crippen LogP contribution in [0, 0.1) is 0 Å². The summed E-state index contributed by atoms with van der Waals surface area (Å²) in [4.78, 5) is 15.3. The lowest BCUT2D eigenvalue weighted by Crippen LogP contribution is -2.44. The standard InChI is InChI=1S/C15H19N3O/c16-12-5-3-7-14(12)18-15(19)8-10-9-17-13-6-2-1-4-11(10)13/h1-2,4,6,9,12,14,17H,3,5,7-8,16H2,(H,18,19). The van der Waals surface area contributed by atoms with Crippen LogP contribution >= 0.6 is 0 Å². The third-order valence-corrected chi connectivity index (χ3v) is 3.94. The topological polar surface area (TPSA) is 70.9 Å². The van der Waals surface area contributed by atoms with Crippen molar-refractivity contribution in [2.75, 3.05) is 0 Å². The van der Waals surface area contributed by atoms with Crippen LogP contribution in [0.2, 0.25) is 0 Å². The molecule has 2 aromatic rings. The summed E-state index contributed by atoms with van der Waals surface area (Å²) >= 11 is 0. The number of aromatic amines is 1. The number of para-hydroxylation sites is 1. The Kier molecular flexibility index (Phi) is 3.25. The summed E-state index contributed by atoms with van der Waals surface area (Å²) in [6, 6.07) is 8.30. The predicted molar refractivity (Wildman–Crippen MR) is 75.8 cm³/mol. The van der Waals surface area contributed by atoms with E-state index in [9.17, 15) is 4.79 Å². The van der Waals surface area contributed by atoms with Gasteiger partial charge in [0.25, 0.3) is 0 Å². The fourth-order valence-electron chi connectivity index (χ4n) is 2.88. The minimum atomic E-state index is 0.0621. The van der Waals surface area contributed by atoms with Crippen molar-refractivity contribution in [3.8, 4) is 0 Å². The number of rotatable bonds is 3. The van der Waals surface area contributed by atoms with Gasteiger partial charge in [0.1, 0.15) is 0 Å². The fraction of sp³-hybridized carbons (Fsp3) is 0.400. The molecule has 1 amide bonds. The molecule has 19 heavy (non-hydrogen) atoms. The highest BCUT2D eigenvalue weighted by molar-refractivity contribution is 5.88. The highest BCUT2D eigenvalue weighted by Gasteiger charge is 2.25. The van der Waals surface area contributed by atoms with Gasteiger partial charge < -0.3 is 16.0 Å². The van der Waals surface area contributed by atoms with Crippen LogP contribution in [-0.2, 0) is 11.2 Å². The monoisotopic (exact) mass is 257 g/mol. The van der Waals surface area contributed by atoms with E-state index in [0.29, 0.717) is 6.42 Å². The van der Waals surface area contributed by atoms with Crippen LogP contribution in [0.15, 0.2) is 30.5 Å². The molecule has 0 saturated heterocycles. The average molecular weight is 257 g/mol. The third kappa shape index (κ3) is 2.49. The van der Waals surface area contributed by atoms with Gasteiger partial charge in [0.2, 0.25) is 5.91 Å². The average Bonchev–Trinajstić information content (AvgIpc) is 2.98. The molecule has 1 aromatic heterocycles. The number of H-pyrrole nitrogens is 1. The van der Waals surface area contributed by atoms with E-state index in [4.69, 9.17) is 5.73 Å². The molecule has 0 bridgehead atoms. The Labute approximate surface area is 112 Å². The number of carbonyl (C=O) groups excluding carboxylic acids is 1. The van der Waals surface area contributed by atoms with Crippen molar-refractivity contribution < 1.29 is 4.79 Å². The number of benzene rings is 1. The Morgan fingerprint density at radius 2 is 2.21 bits per heavy atom. The van der Waals surface area contributed by atoms with Crippen molar-refractivity contribution in [1.29, 1.82) is 0 Å². The molecule has 1 saturated carbocycles. The van der Waals surface area contributed by atoms with Gasteiger partial charge in [-0.1, -0.05) is 18.2 Å². The zero-order chi connectivity index (χ0) is 13.2. The minimum absolute atomic E-state index is 0.0621.